The van der Waals surface area contributed by atoms with Crippen LogP contribution in [0.2, 0.25) is 5.02 Å². The van der Waals surface area contributed by atoms with Crippen LogP contribution < -0.4 is 26.0 Å². The summed E-state index contributed by atoms with van der Waals surface area (Å²) in [5.74, 6) is -0.618. The van der Waals surface area contributed by atoms with Crippen LogP contribution in [0.25, 0.3) is 0 Å². The largest absolute Gasteiger partial charge is 0.484 e. The minimum Gasteiger partial charge on any atom is -0.484 e. The molecule has 2 aliphatic heterocycles. The molecule has 2 amide bonds. The van der Waals surface area contributed by atoms with Gasteiger partial charge in [-0.25, -0.2) is 4.39 Å². The standard InChI is InChI=1S/C22H29ClFN5O4/c23-15-2-1-14(7-16(15)24)33-10-19(30)27-21-11-22(12-21,13-21)28-20(31)17-8-25-9-18(26-17)29-3-5-32-6-4-29/h1-2,7,17-18,25-26H,3-6,8-13H2,(H,27,30)(H,28,31). The third kappa shape index (κ3) is 4.81. The van der Waals surface area contributed by atoms with E-state index in [-0.39, 0.29) is 52.5 Å². The van der Waals surface area contributed by atoms with Crippen molar-refractivity contribution < 1.29 is 23.5 Å². The second-order valence-corrected chi connectivity index (χ2v) is 9.94. The minimum absolute atomic E-state index is 0.00355. The van der Waals surface area contributed by atoms with Crippen LogP contribution in [0, 0.1) is 5.82 Å². The molecule has 2 atom stereocenters. The zero-order valence-corrected chi connectivity index (χ0v) is 19.0. The molecule has 6 rings (SSSR count). The number of nitrogens with zero attached hydrogens (tertiary/aromatic N) is 1. The van der Waals surface area contributed by atoms with Crippen LogP contribution in [-0.4, -0.2) is 86.0 Å². The zero-order valence-electron chi connectivity index (χ0n) is 18.3. The smallest absolute Gasteiger partial charge is 0.258 e. The molecular weight excluding hydrogens is 453 g/mol. The number of piperazine rings is 1. The number of rotatable bonds is 7. The van der Waals surface area contributed by atoms with Crippen LogP contribution in [0.4, 0.5) is 4.39 Å². The summed E-state index contributed by atoms with van der Waals surface area (Å²) in [4.78, 5) is 27.5. The average Bonchev–Trinajstić information content (AvgIpc) is 2.78. The van der Waals surface area contributed by atoms with E-state index in [0.717, 1.165) is 25.7 Å². The van der Waals surface area contributed by atoms with Crippen molar-refractivity contribution in [1.82, 2.24) is 26.2 Å². The SMILES string of the molecule is O=C(COc1ccc(Cl)c(F)c1)NC12CC(NC(=O)C3CNCC(N4CCOCC4)N3)(C1)C2. The van der Waals surface area contributed by atoms with Crippen LogP contribution in [0.15, 0.2) is 18.2 Å². The van der Waals surface area contributed by atoms with Crippen molar-refractivity contribution in [3.63, 3.8) is 0 Å². The van der Waals surface area contributed by atoms with Gasteiger partial charge < -0.3 is 25.4 Å². The van der Waals surface area contributed by atoms with Crippen molar-refractivity contribution in [2.24, 2.45) is 0 Å². The van der Waals surface area contributed by atoms with E-state index in [9.17, 15) is 14.0 Å². The second-order valence-electron chi connectivity index (χ2n) is 9.53. The number of morpholine rings is 1. The van der Waals surface area contributed by atoms with Gasteiger partial charge in [0.2, 0.25) is 5.91 Å². The number of hydrogen-bond acceptors (Lipinski definition) is 7. The van der Waals surface area contributed by atoms with Crippen LogP contribution in [0.5, 0.6) is 5.75 Å². The molecule has 9 nitrogen and oxygen atoms in total. The lowest BCUT2D eigenvalue weighted by Crippen LogP contribution is -2.84. The van der Waals surface area contributed by atoms with E-state index in [1.54, 1.807) is 0 Å². The molecule has 5 fully saturated rings. The third-order valence-electron chi connectivity index (χ3n) is 6.97. The summed E-state index contributed by atoms with van der Waals surface area (Å²) in [6.07, 6.45) is 2.24. The van der Waals surface area contributed by atoms with Gasteiger partial charge in [-0.3, -0.25) is 19.8 Å². The third-order valence-corrected chi connectivity index (χ3v) is 7.27. The van der Waals surface area contributed by atoms with Crippen molar-refractivity contribution in [1.29, 1.82) is 0 Å². The summed E-state index contributed by atoms with van der Waals surface area (Å²) in [6, 6.07) is 3.76. The molecule has 1 aromatic carbocycles. The first-order chi connectivity index (χ1) is 15.9. The lowest BCUT2D eigenvalue weighted by Gasteiger charge is -2.70. The molecule has 0 radical (unpaired) electrons. The summed E-state index contributed by atoms with van der Waals surface area (Å²) in [5.41, 5.74) is -0.522. The predicted octanol–water partition coefficient (Wildman–Crippen LogP) is -0.0149. The Morgan fingerprint density at radius 2 is 1.91 bits per heavy atom. The fourth-order valence-electron chi connectivity index (χ4n) is 5.46. The van der Waals surface area contributed by atoms with E-state index in [4.69, 9.17) is 21.1 Å². The number of benzene rings is 1. The highest BCUT2D eigenvalue weighted by atomic mass is 35.5. The summed E-state index contributed by atoms with van der Waals surface area (Å²) >= 11 is 5.65. The van der Waals surface area contributed by atoms with Crippen molar-refractivity contribution in [2.45, 2.75) is 42.5 Å². The number of carbonyl (C=O) groups is 2. The summed E-state index contributed by atoms with van der Waals surface area (Å²) < 4.78 is 24.3. The average molecular weight is 482 g/mol. The van der Waals surface area contributed by atoms with E-state index in [0.29, 0.717) is 39.0 Å². The monoisotopic (exact) mass is 481 g/mol. The summed E-state index contributed by atoms with van der Waals surface area (Å²) in [6.45, 7) is 4.33. The fraction of sp³-hybridized carbons (Fsp3) is 0.636. The number of nitrogens with one attached hydrogen (secondary N) is 4. The molecule has 5 aliphatic rings. The Hall–Kier alpha value is -1.98. The van der Waals surface area contributed by atoms with Crippen LogP contribution >= 0.6 is 11.6 Å². The zero-order chi connectivity index (χ0) is 23.1. The number of hydrogen-bond donors (Lipinski definition) is 4. The van der Waals surface area contributed by atoms with Crippen molar-refractivity contribution in [3.05, 3.63) is 29.0 Å². The van der Waals surface area contributed by atoms with Gasteiger partial charge in [-0.2, -0.15) is 0 Å². The van der Waals surface area contributed by atoms with Crippen LogP contribution in [-0.2, 0) is 14.3 Å². The molecule has 3 saturated carbocycles. The molecule has 180 valence electrons. The van der Waals surface area contributed by atoms with Gasteiger partial charge in [0, 0.05) is 43.3 Å². The highest BCUT2D eigenvalue weighted by Crippen LogP contribution is 2.60. The fourth-order valence-corrected chi connectivity index (χ4v) is 5.57. The molecule has 4 N–H and O–H groups in total. The maximum atomic E-state index is 13.5. The lowest BCUT2D eigenvalue weighted by atomic mass is 9.44. The number of carbonyl (C=O) groups excluding carboxylic acids is 2. The van der Waals surface area contributed by atoms with Gasteiger partial charge in [0.25, 0.3) is 5.91 Å². The Kier molecular flexibility index (Phi) is 6.21. The van der Waals surface area contributed by atoms with E-state index < -0.39 is 5.82 Å². The van der Waals surface area contributed by atoms with Gasteiger partial charge in [-0.1, -0.05) is 11.6 Å². The van der Waals surface area contributed by atoms with Gasteiger partial charge in [0.15, 0.2) is 6.61 Å². The van der Waals surface area contributed by atoms with Gasteiger partial charge in [-0.05, 0) is 31.4 Å². The number of halogens is 2. The maximum absolute atomic E-state index is 13.5. The summed E-state index contributed by atoms with van der Waals surface area (Å²) in [5, 5.41) is 13.0. The topological polar surface area (TPSA) is 104 Å². The molecule has 33 heavy (non-hydrogen) atoms. The summed E-state index contributed by atoms with van der Waals surface area (Å²) in [7, 11) is 0. The molecule has 1 aromatic rings. The van der Waals surface area contributed by atoms with Gasteiger partial charge in [-0.15, -0.1) is 0 Å². The van der Waals surface area contributed by atoms with Gasteiger partial charge >= 0.3 is 0 Å². The maximum Gasteiger partial charge on any atom is 0.258 e. The Labute approximate surface area is 196 Å². The van der Waals surface area contributed by atoms with E-state index >= 15 is 0 Å². The Bertz CT molecular complexity index is 908. The van der Waals surface area contributed by atoms with Crippen LogP contribution in [0.1, 0.15) is 19.3 Å². The van der Waals surface area contributed by atoms with Crippen molar-refractivity contribution >= 4 is 23.4 Å². The molecule has 11 heteroatoms. The quantitative estimate of drug-likeness (QED) is 0.434. The van der Waals surface area contributed by atoms with E-state index in [1.165, 1.54) is 12.1 Å². The highest BCUT2D eigenvalue weighted by Gasteiger charge is 2.69. The molecule has 2 unspecified atom stereocenters. The molecular formula is C22H29ClFN5O4. The lowest BCUT2D eigenvalue weighted by molar-refractivity contribution is -0.152. The minimum atomic E-state index is -0.592. The van der Waals surface area contributed by atoms with Crippen molar-refractivity contribution in [3.8, 4) is 5.75 Å². The molecule has 2 saturated heterocycles. The molecule has 0 spiro atoms. The van der Waals surface area contributed by atoms with E-state index in [1.807, 2.05) is 0 Å². The second kappa shape index (κ2) is 8.99. The first-order valence-corrected chi connectivity index (χ1v) is 11.7. The van der Waals surface area contributed by atoms with Crippen LogP contribution in [0.3, 0.4) is 0 Å². The molecule has 0 aromatic heterocycles. The van der Waals surface area contributed by atoms with Gasteiger partial charge in [0.1, 0.15) is 17.6 Å². The Morgan fingerprint density at radius 3 is 2.64 bits per heavy atom. The first-order valence-electron chi connectivity index (χ1n) is 11.3. The molecule has 2 heterocycles. The normalized spacial score (nSPS) is 33.4. The van der Waals surface area contributed by atoms with Crippen molar-refractivity contribution in [2.75, 3.05) is 46.0 Å². The van der Waals surface area contributed by atoms with Gasteiger partial charge in [0.05, 0.1) is 24.4 Å². The van der Waals surface area contributed by atoms with E-state index in [2.05, 4.69) is 26.2 Å². The Balaban J connectivity index is 1.05. The highest BCUT2D eigenvalue weighted by molar-refractivity contribution is 6.30. The molecule has 3 aliphatic carbocycles. The first kappa shape index (κ1) is 22.8. The predicted molar refractivity (Wildman–Crippen MR) is 118 cm³/mol. The number of ether oxygens (including phenoxy) is 2. The Morgan fingerprint density at radius 1 is 1.18 bits per heavy atom. The molecule has 2 bridgehead atoms. The number of amides is 2.